The van der Waals surface area contributed by atoms with E-state index in [1.807, 2.05) is 12.1 Å². The topological polar surface area (TPSA) is 71.4 Å². The second-order valence-electron chi connectivity index (χ2n) is 5.87. The highest BCUT2D eigenvalue weighted by Crippen LogP contribution is 2.30. The van der Waals surface area contributed by atoms with Gasteiger partial charge in [-0.05, 0) is 54.5 Å². The van der Waals surface area contributed by atoms with E-state index in [9.17, 15) is 4.79 Å². The minimum Gasteiger partial charge on any atom is -0.463 e. The summed E-state index contributed by atoms with van der Waals surface area (Å²) in [6.07, 6.45) is 3.84. The first-order valence-corrected chi connectivity index (χ1v) is 8.35. The van der Waals surface area contributed by atoms with Crippen molar-refractivity contribution in [2.45, 2.75) is 18.9 Å². The van der Waals surface area contributed by atoms with Gasteiger partial charge >= 0.3 is 0 Å². The first-order chi connectivity index (χ1) is 11.1. The second-order valence-corrected chi connectivity index (χ2v) is 6.73. The van der Waals surface area contributed by atoms with Crippen LogP contribution in [0.5, 0.6) is 6.01 Å². The molecule has 23 heavy (non-hydrogen) atoms. The Bertz CT molecular complexity index is 933. The van der Waals surface area contributed by atoms with Gasteiger partial charge in [0.15, 0.2) is 0 Å². The first-order valence-electron chi connectivity index (χ1n) is 7.56. The lowest BCUT2D eigenvalue weighted by Gasteiger charge is -2.19. The van der Waals surface area contributed by atoms with Gasteiger partial charge in [0.1, 0.15) is 17.6 Å². The quantitative estimate of drug-likeness (QED) is 0.759. The Kier molecular flexibility index (Phi) is 3.61. The molecule has 2 aromatic heterocycles. The van der Waals surface area contributed by atoms with Gasteiger partial charge in [-0.1, -0.05) is 0 Å². The van der Waals surface area contributed by atoms with E-state index in [1.165, 1.54) is 6.42 Å². The lowest BCUT2D eigenvalue weighted by Crippen LogP contribution is -2.31. The molecule has 7 heteroatoms. The molecule has 0 bridgehead atoms. The third kappa shape index (κ3) is 2.53. The van der Waals surface area contributed by atoms with E-state index in [0.29, 0.717) is 29.1 Å². The number of likely N-dealkylation sites (N-methyl/N-ethyl adjacent to an activating group) is 1. The van der Waals surface area contributed by atoms with Crippen molar-refractivity contribution in [3.05, 3.63) is 33.2 Å². The van der Waals surface area contributed by atoms with Crippen molar-refractivity contribution in [2.75, 3.05) is 20.2 Å². The predicted molar refractivity (Wildman–Crippen MR) is 91.0 cm³/mol. The van der Waals surface area contributed by atoms with Gasteiger partial charge in [0.25, 0.3) is 11.6 Å². The number of furan rings is 1. The number of rotatable bonds is 3. The zero-order valence-corrected chi connectivity index (χ0v) is 14.2. The van der Waals surface area contributed by atoms with Crippen molar-refractivity contribution in [3.63, 3.8) is 0 Å². The molecular formula is C16H16BrN3O3. The third-order valence-corrected chi connectivity index (χ3v) is 5.08. The van der Waals surface area contributed by atoms with Crippen LogP contribution in [0.25, 0.3) is 21.9 Å². The summed E-state index contributed by atoms with van der Waals surface area (Å²) < 4.78 is 12.0. The number of aromatic amines is 1. The standard InChI is InChI=1S/C16H16BrN3O3/c1-20-5-2-3-9(20)8-23-16-18-12-7-11(17)10-4-6-22-14(10)13(12)15(21)19-16/h4,6-7,9H,2-3,5,8H2,1H3,(H,18,19,21)/t9-/m0/s1. The highest BCUT2D eigenvalue weighted by atomic mass is 79.9. The van der Waals surface area contributed by atoms with E-state index in [-0.39, 0.29) is 11.6 Å². The molecular weight excluding hydrogens is 362 g/mol. The summed E-state index contributed by atoms with van der Waals surface area (Å²) >= 11 is 3.49. The second kappa shape index (κ2) is 5.65. The molecule has 1 aromatic carbocycles. The number of halogens is 1. The van der Waals surface area contributed by atoms with Crippen molar-refractivity contribution in [1.82, 2.24) is 14.9 Å². The van der Waals surface area contributed by atoms with Gasteiger partial charge in [0.2, 0.25) is 0 Å². The van der Waals surface area contributed by atoms with E-state index in [4.69, 9.17) is 9.15 Å². The molecule has 0 unspecified atom stereocenters. The molecule has 3 heterocycles. The smallest absolute Gasteiger partial charge is 0.297 e. The lowest BCUT2D eigenvalue weighted by atomic mass is 10.2. The number of hydrogen-bond acceptors (Lipinski definition) is 5. The molecule has 6 nitrogen and oxygen atoms in total. The molecule has 1 fully saturated rings. The van der Waals surface area contributed by atoms with E-state index < -0.39 is 0 Å². The van der Waals surface area contributed by atoms with Crippen LogP contribution in [0.15, 0.2) is 32.1 Å². The molecule has 0 aliphatic carbocycles. The highest BCUT2D eigenvalue weighted by molar-refractivity contribution is 9.10. The Balaban J connectivity index is 1.72. The van der Waals surface area contributed by atoms with Crippen LogP contribution in [0.1, 0.15) is 12.8 Å². The van der Waals surface area contributed by atoms with Gasteiger partial charge in [-0.3, -0.25) is 9.78 Å². The number of H-pyrrole nitrogens is 1. The Morgan fingerprint density at radius 3 is 3.22 bits per heavy atom. The molecule has 4 rings (SSSR count). The molecule has 1 aliphatic rings. The SMILES string of the molecule is CN1CCC[C@H]1COc1nc2cc(Br)c3ccoc3c2c(=O)[nH]1. The van der Waals surface area contributed by atoms with Gasteiger partial charge in [0.05, 0.1) is 11.8 Å². The highest BCUT2D eigenvalue weighted by Gasteiger charge is 2.22. The minimum atomic E-state index is -0.253. The fourth-order valence-electron chi connectivity index (χ4n) is 3.12. The molecule has 0 saturated carbocycles. The molecule has 0 amide bonds. The normalized spacial score (nSPS) is 19.0. The maximum absolute atomic E-state index is 12.4. The maximum Gasteiger partial charge on any atom is 0.297 e. The summed E-state index contributed by atoms with van der Waals surface area (Å²) in [6.45, 7) is 1.61. The monoisotopic (exact) mass is 377 g/mol. The van der Waals surface area contributed by atoms with E-state index in [0.717, 1.165) is 22.8 Å². The Morgan fingerprint density at radius 1 is 1.57 bits per heavy atom. The lowest BCUT2D eigenvalue weighted by molar-refractivity contribution is 0.188. The van der Waals surface area contributed by atoms with Crippen molar-refractivity contribution in [2.24, 2.45) is 0 Å². The van der Waals surface area contributed by atoms with Gasteiger partial charge in [0, 0.05) is 15.9 Å². The summed E-state index contributed by atoms with van der Waals surface area (Å²) in [5, 5.41) is 1.30. The number of aromatic nitrogens is 2. The average Bonchev–Trinajstić information content (AvgIpc) is 3.14. The van der Waals surface area contributed by atoms with Crippen molar-refractivity contribution in [3.8, 4) is 6.01 Å². The number of hydrogen-bond donors (Lipinski definition) is 1. The van der Waals surface area contributed by atoms with Crippen LogP contribution < -0.4 is 10.3 Å². The van der Waals surface area contributed by atoms with Gasteiger partial charge in [-0.15, -0.1) is 0 Å². The van der Waals surface area contributed by atoms with Crippen molar-refractivity contribution >= 4 is 37.8 Å². The van der Waals surface area contributed by atoms with E-state index in [1.54, 1.807) is 6.26 Å². The van der Waals surface area contributed by atoms with Crippen LogP contribution in [-0.2, 0) is 0 Å². The predicted octanol–water partition coefficient (Wildman–Crippen LogP) is 2.90. The molecule has 3 aromatic rings. The van der Waals surface area contributed by atoms with Gasteiger partial charge in [-0.25, -0.2) is 0 Å². The summed E-state index contributed by atoms with van der Waals surface area (Å²) in [7, 11) is 2.09. The van der Waals surface area contributed by atoms with Crippen LogP contribution in [0, 0.1) is 0 Å². The summed E-state index contributed by atoms with van der Waals surface area (Å²) in [5.41, 5.74) is 0.834. The number of nitrogens with zero attached hydrogens (tertiary/aromatic N) is 2. The van der Waals surface area contributed by atoms with Crippen molar-refractivity contribution < 1.29 is 9.15 Å². The zero-order valence-electron chi connectivity index (χ0n) is 12.6. The Hall–Kier alpha value is -1.86. The molecule has 1 atom stereocenters. The number of nitrogens with one attached hydrogen (secondary N) is 1. The molecule has 1 saturated heterocycles. The summed E-state index contributed by atoms with van der Waals surface area (Å²) in [6, 6.07) is 4.26. The molecule has 0 radical (unpaired) electrons. The van der Waals surface area contributed by atoms with Crippen LogP contribution in [0.3, 0.4) is 0 Å². The number of benzene rings is 1. The number of ether oxygens (including phenoxy) is 1. The van der Waals surface area contributed by atoms with E-state index >= 15 is 0 Å². The van der Waals surface area contributed by atoms with Gasteiger partial charge < -0.3 is 14.1 Å². The first kappa shape index (κ1) is 14.7. The maximum atomic E-state index is 12.4. The fraction of sp³-hybridized carbons (Fsp3) is 0.375. The Labute approximate surface area is 140 Å². The third-order valence-electron chi connectivity index (χ3n) is 4.42. The van der Waals surface area contributed by atoms with Crippen LogP contribution in [0.2, 0.25) is 0 Å². The van der Waals surface area contributed by atoms with Crippen molar-refractivity contribution in [1.29, 1.82) is 0 Å². The van der Waals surface area contributed by atoms with Gasteiger partial charge in [-0.2, -0.15) is 4.98 Å². The van der Waals surface area contributed by atoms with Crippen LogP contribution in [0.4, 0.5) is 0 Å². The Morgan fingerprint density at radius 2 is 2.43 bits per heavy atom. The van der Waals surface area contributed by atoms with Crippen LogP contribution in [-0.4, -0.2) is 41.1 Å². The molecule has 1 N–H and O–H groups in total. The number of fused-ring (bicyclic) bond motifs is 3. The molecule has 0 spiro atoms. The van der Waals surface area contributed by atoms with E-state index in [2.05, 4.69) is 37.8 Å². The summed E-state index contributed by atoms with van der Waals surface area (Å²) in [5.74, 6) is 0. The van der Waals surface area contributed by atoms with Crippen LogP contribution >= 0.6 is 15.9 Å². The minimum absolute atomic E-state index is 0.251. The largest absolute Gasteiger partial charge is 0.463 e. The summed E-state index contributed by atoms with van der Waals surface area (Å²) in [4.78, 5) is 21.8. The number of likely N-dealkylation sites (tertiary alicyclic amines) is 1. The fourth-order valence-corrected chi connectivity index (χ4v) is 3.64. The average molecular weight is 378 g/mol. The zero-order chi connectivity index (χ0) is 16.0. The molecule has 1 aliphatic heterocycles. The molecule has 120 valence electrons.